The number of hydrogen-bond donors (Lipinski definition) is 0. The first kappa shape index (κ1) is 22.1. The molecular formula is C26H48N2O. The zero-order valence-corrected chi connectivity index (χ0v) is 19.2. The zero-order valence-electron chi connectivity index (χ0n) is 19.2. The van der Waals surface area contributed by atoms with Crippen molar-refractivity contribution in [2.75, 3.05) is 52.5 Å². The zero-order chi connectivity index (χ0) is 19.7. The molecule has 4 rings (SSSR count). The second-order valence-electron chi connectivity index (χ2n) is 10.9. The van der Waals surface area contributed by atoms with Crippen molar-refractivity contribution in [3.05, 3.63) is 0 Å². The fourth-order valence-corrected chi connectivity index (χ4v) is 6.79. The van der Waals surface area contributed by atoms with Crippen molar-refractivity contribution < 1.29 is 4.74 Å². The Labute approximate surface area is 180 Å². The molecule has 0 aromatic carbocycles. The van der Waals surface area contributed by atoms with Crippen molar-refractivity contribution in [2.45, 2.75) is 89.9 Å². The van der Waals surface area contributed by atoms with Gasteiger partial charge in [-0.15, -0.1) is 0 Å². The van der Waals surface area contributed by atoms with Crippen molar-refractivity contribution in [2.24, 2.45) is 23.7 Å². The summed E-state index contributed by atoms with van der Waals surface area (Å²) in [4.78, 5) is 5.49. The lowest BCUT2D eigenvalue weighted by Gasteiger charge is -2.41. The summed E-state index contributed by atoms with van der Waals surface area (Å²) in [5.41, 5.74) is 0. The van der Waals surface area contributed by atoms with Crippen LogP contribution in [0.15, 0.2) is 0 Å². The van der Waals surface area contributed by atoms with Crippen LogP contribution in [0.4, 0.5) is 0 Å². The Bertz CT molecular complexity index is 428. The molecule has 0 atom stereocenters. The Morgan fingerprint density at radius 3 is 1.66 bits per heavy atom. The minimum Gasteiger partial charge on any atom is -0.380 e. The van der Waals surface area contributed by atoms with E-state index in [2.05, 4.69) is 9.80 Å². The van der Waals surface area contributed by atoms with Gasteiger partial charge in [0.05, 0.1) is 6.61 Å². The lowest BCUT2D eigenvalue weighted by Crippen LogP contribution is -2.42. The Hall–Kier alpha value is -0.120. The summed E-state index contributed by atoms with van der Waals surface area (Å²) in [6, 6.07) is 0. The maximum Gasteiger partial charge on any atom is 0.0593 e. The smallest absolute Gasteiger partial charge is 0.0593 e. The number of hydrogen-bond acceptors (Lipinski definition) is 3. The molecule has 168 valence electrons. The van der Waals surface area contributed by atoms with Crippen molar-refractivity contribution in [1.29, 1.82) is 0 Å². The lowest BCUT2D eigenvalue weighted by atomic mass is 9.78. The van der Waals surface area contributed by atoms with Crippen molar-refractivity contribution >= 4 is 0 Å². The van der Waals surface area contributed by atoms with E-state index < -0.39 is 0 Å². The summed E-state index contributed by atoms with van der Waals surface area (Å²) >= 11 is 0. The van der Waals surface area contributed by atoms with E-state index in [1.54, 1.807) is 0 Å². The Balaban J connectivity index is 1.05. The number of nitrogens with zero attached hydrogens (tertiary/aromatic N) is 2. The number of piperidine rings is 2. The molecule has 2 saturated carbocycles. The van der Waals surface area contributed by atoms with Crippen LogP contribution in [-0.4, -0.2) is 62.3 Å². The highest BCUT2D eigenvalue weighted by Crippen LogP contribution is 2.33. The predicted octanol–water partition coefficient (Wildman–Crippen LogP) is 5.59. The maximum atomic E-state index is 6.05. The van der Waals surface area contributed by atoms with E-state index in [1.165, 1.54) is 129 Å². The SMILES string of the molecule is C1CCC(COCCN2CCC(C3CCN(CC4CCCCC4)CC3)CC2)CC1. The molecule has 2 heterocycles. The summed E-state index contributed by atoms with van der Waals surface area (Å²) in [6.07, 6.45) is 20.4. The quantitative estimate of drug-likeness (QED) is 0.491. The van der Waals surface area contributed by atoms with E-state index in [-0.39, 0.29) is 0 Å². The average molecular weight is 405 g/mol. The van der Waals surface area contributed by atoms with Gasteiger partial charge in [0, 0.05) is 19.7 Å². The van der Waals surface area contributed by atoms with Crippen molar-refractivity contribution in [3.8, 4) is 0 Å². The molecule has 0 N–H and O–H groups in total. The first-order chi connectivity index (χ1) is 14.4. The van der Waals surface area contributed by atoms with Crippen LogP contribution in [0.5, 0.6) is 0 Å². The first-order valence-electron chi connectivity index (χ1n) is 13.4. The molecule has 4 fully saturated rings. The second-order valence-corrected chi connectivity index (χ2v) is 10.9. The molecular weight excluding hydrogens is 356 g/mol. The van der Waals surface area contributed by atoms with Gasteiger partial charge in [0.15, 0.2) is 0 Å². The highest BCUT2D eigenvalue weighted by molar-refractivity contribution is 4.83. The summed E-state index contributed by atoms with van der Waals surface area (Å²) in [7, 11) is 0. The normalized spacial score (nSPS) is 28.1. The fourth-order valence-electron chi connectivity index (χ4n) is 6.79. The molecule has 0 bridgehead atoms. The molecule has 3 nitrogen and oxygen atoms in total. The standard InChI is InChI=1S/C26H48N2O/c1-3-7-23(8-4-1)21-28-17-13-26(14-18-28)25-11-15-27(16-12-25)19-20-29-22-24-9-5-2-6-10-24/h23-26H,1-22H2. The van der Waals surface area contributed by atoms with E-state index in [9.17, 15) is 0 Å². The highest BCUT2D eigenvalue weighted by Gasteiger charge is 2.30. The van der Waals surface area contributed by atoms with Crippen LogP contribution in [0, 0.1) is 23.7 Å². The molecule has 0 spiro atoms. The molecule has 0 amide bonds. The summed E-state index contributed by atoms with van der Waals surface area (Å²) in [5.74, 6) is 3.90. The Kier molecular flexibility index (Phi) is 9.18. The maximum absolute atomic E-state index is 6.05. The molecule has 0 unspecified atom stereocenters. The summed E-state index contributed by atoms with van der Waals surface area (Å²) in [6.45, 7) is 9.97. The number of rotatable bonds is 8. The van der Waals surface area contributed by atoms with Crippen LogP contribution in [-0.2, 0) is 4.74 Å². The van der Waals surface area contributed by atoms with Gasteiger partial charge in [0.2, 0.25) is 0 Å². The number of ether oxygens (including phenoxy) is 1. The molecule has 2 saturated heterocycles. The summed E-state index contributed by atoms with van der Waals surface area (Å²) in [5, 5.41) is 0. The van der Waals surface area contributed by atoms with E-state index in [0.717, 1.165) is 36.9 Å². The first-order valence-corrected chi connectivity index (χ1v) is 13.4. The van der Waals surface area contributed by atoms with Crippen LogP contribution in [0.2, 0.25) is 0 Å². The second kappa shape index (κ2) is 12.1. The van der Waals surface area contributed by atoms with Gasteiger partial charge in [-0.25, -0.2) is 0 Å². The van der Waals surface area contributed by atoms with Gasteiger partial charge >= 0.3 is 0 Å². The highest BCUT2D eigenvalue weighted by atomic mass is 16.5. The molecule has 0 radical (unpaired) electrons. The van der Waals surface area contributed by atoms with Crippen LogP contribution < -0.4 is 0 Å². The molecule has 29 heavy (non-hydrogen) atoms. The lowest BCUT2D eigenvalue weighted by molar-refractivity contribution is 0.0473. The van der Waals surface area contributed by atoms with Gasteiger partial charge in [0.1, 0.15) is 0 Å². The molecule has 0 aromatic heterocycles. The third-order valence-electron chi connectivity index (χ3n) is 8.80. The minimum atomic E-state index is 0.860. The van der Waals surface area contributed by atoms with Gasteiger partial charge in [-0.05, 0) is 101 Å². The Morgan fingerprint density at radius 2 is 1.07 bits per heavy atom. The van der Waals surface area contributed by atoms with Gasteiger partial charge in [-0.1, -0.05) is 38.5 Å². The third-order valence-corrected chi connectivity index (χ3v) is 8.80. The van der Waals surface area contributed by atoms with Gasteiger partial charge in [-0.2, -0.15) is 0 Å². The topological polar surface area (TPSA) is 15.7 Å². The van der Waals surface area contributed by atoms with Crippen LogP contribution in [0.1, 0.15) is 89.9 Å². The van der Waals surface area contributed by atoms with E-state index in [4.69, 9.17) is 4.74 Å². The minimum absolute atomic E-state index is 0.860. The van der Waals surface area contributed by atoms with Gasteiger partial charge in [-0.3, -0.25) is 0 Å². The summed E-state index contributed by atoms with van der Waals surface area (Å²) < 4.78 is 6.05. The molecule has 0 aromatic rings. The largest absolute Gasteiger partial charge is 0.380 e. The number of likely N-dealkylation sites (tertiary alicyclic amines) is 2. The van der Waals surface area contributed by atoms with Crippen LogP contribution >= 0.6 is 0 Å². The predicted molar refractivity (Wildman–Crippen MR) is 122 cm³/mol. The molecule has 3 heteroatoms. The average Bonchev–Trinajstić information content (AvgIpc) is 2.79. The monoisotopic (exact) mass is 404 g/mol. The Morgan fingerprint density at radius 1 is 0.552 bits per heavy atom. The van der Waals surface area contributed by atoms with Crippen LogP contribution in [0.3, 0.4) is 0 Å². The van der Waals surface area contributed by atoms with E-state index in [1.807, 2.05) is 0 Å². The van der Waals surface area contributed by atoms with Crippen molar-refractivity contribution in [3.63, 3.8) is 0 Å². The van der Waals surface area contributed by atoms with E-state index >= 15 is 0 Å². The fraction of sp³-hybridized carbons (Fsp3) is 1.00. The van der Waals surface area contributed by atoms with Crippen molar-refractivity contribution in [1.82, 2.24) is 9.80 Å². The van der Waals surface area contributed by atoms with E-state index in [0.29, 0.717) is 0 Å². The van der Waals surface area contributed by atoms with Gasteiger partial charge in [0.25, 0.3) is 0 Å². The van der Waals surface area contributed by atoms with Gasteiger partial charge < -0.3 is 14.5 Å². The molecule has 4 aliphatic rings. The third kappa shape index (κ3) is 7.21. The molecule has 2 aliphatic carbocycles. The molecule has 2 aliphatic heterocycles. The van der Waals surface area contributed by atoms with Crippen LogP contribution in [0.25, 0.3) is 0 Å².